The maximum absolute atomic E-state index is 13.7. The molecule has 0 saturated carbocycles. The summed E-state index contributed by atoms with van der Waals surface area (Å²) in [5, 5.41) is 1.08. The molecule has 0 fully saturated rings. The number of fused-ring (bicyclic) bond motifs is 3. The molecule has 1 aliphatic rings. The molecule has 0 N–H and O–H groups in total. The van der Waals surface area contributed by atoms with E-state index in [9.17, 15) is 4.79 Å². The highest BCUT2D eigenvalue weighted by molar-refractivity contribution is 5.99. The number of carbonyl (C=O) groups is 1. The third-order valence-corrected chi connectivity index (χ3v) is 8.09. The van der Waals surface area contributed by atoms with E-state index < -0.39 is 5.60 Å². The highest BCUT2D eigenvalue weighted by atomic mass is 16.6. The van der Waals surface area contributed by atoms with Crippen LogP contribution in [0.15, 0.2) is 103 Å². The molecule has 4 heterocycles. The molecule has 0 aliphatic carbocycles. The van der Waals surface area contributed by atoms with E-state index in [1.54, 1.807) is 7.11 Å². The zero-order valence-corrected chi connectivity index (χ0v) is 22.1. The van der Waals surface area contributed by atoms with Crippen LogP contribution in [-0.2, 0) is 16.9 Å². The molecule has 39 heavy (non-hydrogen) atoms. The lowest BCUT2D eigenvalue weighted by Crippen LogP contribution is -2.32. The van der Waals surface area contributed by atoms with Crippen molar-refractivity contribution >= 4 is 22.4 Å². The Hall–Kier alpha value is -4.77. The first-order valence-corrected chi connectivity index (χ1v) is 13.2. The normalized spacial score (nSPS) is 16.5. The van der Waals surface area contributed by atoms with Crippen LogP contribution in [-0.4, -0.2) is 22.0 Å². The number of para-hydroxylation sites is 1. The van der Waals surface area contributed by atoms with Crippen LogP contribution in [0.25, 0.3) is 27.5 Å². The molecule has 192 valence electrons. The topological polar surface area (TPSA) is 44.9 Å². The van der Waals surface area contributed by atoms with Gasteiger partial charge in [-0.1, -0.05) is 54.6 Å². The number of methoxy groups -OCH3 is 1. The van der Waals surface area contributed by atoms with Crippen molar-refractivity contribution in [2.24, 2.45) is 0 Å². The molecule has 7 rings (SSSR count). The van der Waals surface area contributed by atoms with Crippen molar-refractivity contribution in [3.63, 3.8) is 0 Å². The van der Waals surface area contributed by atoms with E-state index in [4.69, 9.17) is 9.47 Å². The summed E-state index contributed by atoms with van der Waals surface area (Å²) >= 11 is 0. The van der Waals surface area contributed by atoms with Gasteiger partial charge in [-0.3, -0.25) is 0 Å². The fourth-order valence-electron chi connectivity index (χ4n) is 6.45. The summed E-state index contributed by atoms with van der Waals surface area (Å²) in [6.45, 7) is 5.09. The third kappa shape index (κ3) is 3.16. The summed E-state index contributed by atoms with van der Waals surface area (Å²) in [5.74, 6) is 0.475. The van der Waals surface area contributed by atoms with Crippen molar-refractivity contribution in [1.29, 1.82) is 0 Å². The predicted octanol–water partition coefficient (Wildman–Crippen LogP) is 7.36. The number of cyclic esters (lactones) is 1. The standard InChI is InChI=1S/C34H28N2O3/c1-4-35-22(2)31(27-13-6-8-15-30(27)35)34(29-14-7-5-12-26(29)33(37)39-34)32-28(21-24-11-9-10-20-36(24)32)23-16-18-25(38-3)19-17-23/h5-21H,4H2,1-3H3. The number of ether oxygens (including phenoxy) is 2. The molecule has 1 aliphatic heterocycles. The number of rotatable bonds is 5. The Morgan fingerprint density at radius 3 is 2.41 bits per heavy atom. The van der Waals surface area contributed by atoms with Gasteiger partial charge in [0, 0.05) is 51.5 Å². The van der Waals surface area contributed by atoms with Crippen molar-refractivity contribution in [3.05, 3.63) is 131 Å². The lowest BCUT2D eigenvalue weighted by atomic mass is 9.79. The van der Waals surface area contributed by atoms with Crippen molar-refractivity contribution in [2.45, 2.75) is 26.0 Å². The Morgan fingerprint density at radius 2 is 1.62 bits per heavy atom. The molecule has 1 unspecified atom stereocenters. The molecule has 0 bridgehead atoms. The second-order valence-corrected chi connectivity index (χ2v) is 9.97. The second-order valence-electron chi connectivity index (χ2n) is 9.97. The van der Waals surface area contributed by atoms with Crippen LogP contribution in [0.3, 0.4) is 0 Å². The summed E-state index contributed by atoms with van der Waals surface area (Å²) in [7, 11) is 1.67. The highest BCUT2D eigenvalue weighted by Gasteiger charge is 2.53. The lowest BCUT2D eigenvalue weighted by molar-refractivity contribution is 0.0241. The van der Waals surface area contributed by atoms with Crippen LogP contribution in [0, 0.1) is 6.92 Å². The van der Waals surface area contributed by atoms with Crippen LogP contribution < -0.4 is 4.74 Å². The first kappa shape index (κ1) is 23.4. The maximum Gasteiger partial charge on any atom is 0.340 e. The number of pyridine rings is 1. The summed E-state index contributed by atoms with van der Waals surface area (Å²) < 4.78 is 16.6. The van der Waals surface area contributed by atoms with Gasteiger partial charge < -0.3 is 18.4 Å². The first-order valence-electron chi connectivity index (χ1n) is 13.2. The van der Waals surface area contributed by atoms with Gasteiger partial charge in [-0.2, -0.15) is 0 Å². The number of hydrogen-bond acceptors (Lipinski definition) is 3. The molecule has 1 atom stereocenters. The largest absolute Gasteiger partial charge is 0.497 e. The second kappa shape index (κ2) is 8.63. The molecule has 6 aromatic rings. The molecular weight excluding hydrogens is 484 g/mol. The van der Waals surface area contributed by atoms with E-state index in [2.05, 4.69) is 77.5 Å². The zero-order chi connectivity index (χ0) is 26.7. The van der Waals surface area contributed by atoms with E-state index in [-0.39, 0.29) is 5.97 Å². The highest BCUT2D eigenvalue weighted by Crippen LogP contribution is 2.53. The van der Waals surface area contributed by atoms with Gasteiger partial charge in [-0.05, 0) is 61.9 Å². The Bertz CT molecular complexity index is 1890. The Balaban J connectivity index is 1.68. The van der Waals surface area contributed by atoms with Gasteiger partial charge in [0.05, 0.1) is 18.4 Å². The van der Waals surface area contributed by atoms with Crippen LogP contribution in [0.1, 0.15) is 39.8 Å². The third-order valence-electron chi connectivity index (χ3n) is 8.09. The fourth-order valence-corrected chi connectivity index (χ4v) is 6.45. The summed E-state index contributed by atoms with van der Waals surface area (Å²) in [6, 6.07) is 32.6. The monoisotopic (exact) mass is 512 g/mol. The molecule has 0 spiro atoms. The number of nitrogens with zero attached hydrogens (tertiary/aromatic N) is 2. The van der Waals surface area contributed by atoms with E-state index >= 15 is 0 Å². The van der Waals surface area contributed by atoms with Crippen molar-refractivity contribution in [1.82, 2.24) is 8.97 Å². The lowest BCUT2D eigenvalue weighted by Gasteiger charge is -2.32. The zero-order valence-electron chi connectivity index (χ0n) is 22.1. The molecule has 5 nitrogen and oxygen atoms in total. The average molecular weight is 513 g/mol. The molecule has 3 aromatic carbocycles. The van der Waals surface area contributed by atoms with E-state index in [0.717, 1.165) is 62.4 Å². The van der Waals surface area contributed by atoms with Crippen LogP contribution >= 0.6 is 0 Å². The number of aryl methyl sites for hydroxylation is 1. The Kier molecular flexibility index (Phi) is 5.17. The fraction of sp³-hybridized carbons (Fsp3) is 0.147. The van der Waals surface area contributed by atoms with Crippen LogP contribution in [0.5, 0.6) is 5.75 Å². The quantitative estimate of drug-likeness (QED) is 0.227. The van der Waals surface area contributed by atoms with E-state index in [0.29, 0.717) is 5.56 Å². The van der Waals surface area contributed by atoms with Gasteiger partial charge >= 0.3 is 5.97 Å². The van der Waals surface area contributed by atoms with E-state index in [1.165, 1.54) is 0 Å². The van der Waals surface area contributed by atoms with Gasteiger partial charge in [-0.15, -0.1) is 0 Å². The number of esters is 1. The summed E-state index contributed by atoms with van der Waals surface area (Å²) in [5.41, 5.74) is 7.44. The number of hydrogen-bond donors (Lipinski definition) is 0. The first-order chi connectivity index (χ1) is 19.1. The Morgan fingerprint density at radius 1 is 0.872 bits per heavy atom. The SMILES string of the molecule is CCn1c(C)c(C2(c3c(-c4ccc(OC)cc4)cc4ccccn34)OC(=O)c3ccccc32)c2ccccc21. The van der Waals surface area contributed by atoms with Crippen molar-refractivity contribution in [3.8, 4) is 16.9 Å². The molecule has 0 amide bonds. The van der Waals surface area contributed by atoms with Gasteiger partial charge in [0.1, 0.15) is 5.75 Å². The van der Waals surface area contributed by atoms with Gasteiger partial charge in [-0.25, -0.2) is 4.79 Å². The smallest absolute Gasteiger partial charge is 0.340 e. The Labute approximate surface area is 226 Å². The van der Waals surface area contributed by atoms with Crippen molar-refractivity contribution < 1.29 is 14.3 Å². The van der Waals surface area contributed by atoms with Crippen molar-refractivity contribution in [2.75, 3.05) is 7.11 Å². The minimum Gasteiger partial charge on any atom is -0.497 e. The van der Waals surface area contributed by atoms with Gasteiger partial charge in [0.25, 0.3) is 0 Å². The van der Waals surface area contributed by atoms with Crippen LogP contribution in [0.4, 0.5) is 0 Å². The van der Waals surface area contributed by atoms with Gasteiger partial charge in [0.2, 0.25) is 5.60 Å². The molecule has 0 saturated heterocycles. The number of carbonyl (C=O) groups excluding carboxylic acids is 1. The molecule has 3 aromatic heterocycles. The summed E-state index contributed by atoms with van der Waals surface area (Å²) in [4.78, 5) is 13.7. The van der Waals surface area contributed by atoms with E-state index in [1.807, 2.05) is 48.5 Å². The molecular formula is C34H28N2O3. The molecule has 0 radical (unpaired) electrons. The number of aromatic nitrogens is 2. The van der Waals surface area contributed by atoms with Crippen LogP contribution in [0.2, 0.25) is 0 Å². The minimum atomic E-state index is -1.17. The summed E-state index contributed by atoms with van der Waals surface area (Å²) in [6.07, 6.45) is 2.06. The average Bonchev–Trinajstić information content (AvgIpc) is 3.60. The molecule has 5 heteroatoms. The predicted molar refractivity (Wildman–Crippen MR) is 153 cm³/mol. The maximum atomic E-state index is 13.7. The van der Waals surface area contributed by atoms with Gasteiger partial charge in [0.15, 0.2) is 0 Å². The minimum absolute atomic E-state index is 0.315. The number of benzene rings is 3.